The highest BCUT2D eigenvalue weighted by molar-refractivity contribution is 5.85. The maximum Gasteiger partial charge on any atom is 0.347 e. The molecule has 2 saturated carbocycles. The summed E-state index contributed by atoms with van der Waals surface area (Å²) in [5, 5.41) is 11.8. The minimum Gasteiger partial charge on any atom is -0.459 e. The minimum absolute atomic E-state index is 0.138. The number of carbonyl (C=O) groups is 1. The first kappa shape index (κ1) is 23.8. The maximum atomic E-state index is 13.7. The summed E-state index contributed by atoms with van der Waals surface area (Å²) in [5.41, 5.74) is 0.618. The van der Waals surface area contributed by atoms with Crippen LogP contribution in [-0.4, -0.2) is 48.3 Å². The lowest BCUT2D eigenvalue weighted by molar-refractivity contribution is -0.918. The summed E-state index contributed by atoms with van der Waals surface area (Å²) < 4.78 is 7.18. The molecule has 0 radical (unpaired) electrons. The van der Waals surface area contributed by atoms with Crippen LogP contribution in [0.25, 0.3) is 0 Å². The summed E-state index contributed by atoms with van der Waals surface area (Å²) in [7, 11) is 4.63. The normalized spacial score (nSPS) is 23.9. The molecule has 4 atom stereocenters. The van der Waals surface area contributed by atoms with Crippen molar-refractivity contribution in [2.24, 2.45) is 11.8 Å². The van der Waals surface area contributed by atoms with Gasteiger partial charge in [0.05, 0.1) is 26.7 Å². The van der Waals surface area contributed by atoms with Crippen molar-refractivity contribution in [3.05, 3.63) is 108 Å². The van der Waals surface area contributed by atoms with Crippen LogP contribution in [0.1, 0.15) is 36.0 Å². The van der Waals surface area contributed by atoms with Gasteiger partial charge in [0, 0.05) is 24.7 Å². The van der Waals surface area contributed by atoms with E-state index in [9.17, 15) is 9.90 Å². The zero-order chi connectivity index (χ0) is 24.5. The topological polar surface area (TPSA) is 46.5 Å². The molecule has 2 bridgehead atoms. The van der Waals surface area contributed by atoms with Crippen molar-refractivity contribution in [1.82, 2.24) is 0 Å². The molecule has 2 aliphatic rings. The number of likely N-dealkylation sites (N-methyl/N-ethyl adjacent to an activating group) is 1. The Morgan fingerprint density at radius 1 is 0.886 bits per heavy atom. The largest absolute Gasteiger partial charge is 0.459 e. The lowest BCUT2D eigenvalue weighted by Crippen LogP contribution is -2.53. The highest BCUT2D eigenvalue weighted by atomic mass is 16.6. The smallest absolute Gasteiger partial charge is 0.347 e. The van der Waals surface area contributed by atoms with Crippen molar-refractivity contribution in [3.8, 4) is 0 Å². The van der Waals surface area contributed by atoms with Gasteiger partial charge in [-0.2, -0.15) is 0 Å². The molecule has 3 aromatic carbocycles. The van der Waals surface area contributed by atoms with E-state index in [-0.39, 0.29) is 6.10 Å². The molecule has 1 N–H and O–H groups in total. The Morgan fingerprint density at radius 3 is 2.00 bits per heavy atom. The van der Waals surface area contributed by atoms with Gasteiger partial charge in [0.1, 0.15) is 6.10 Å². The number of hydrogen-bond acceptors (Lipinski definition) is 3. The maximum absolute atomic E-state index is 13.7. The Bertz CT molecular complexity index is 1090. The van der Waals surface area contributed by atoms with E-state index >= 15 is 0 Å². The van der Waals surface area contributed by atoms with Crippen LogP contribution in [0.2, 0.25) is 0 Å². The minimum atomic E-state index is -1.82. The Kier molecular flexibility index (Phi) is 6.52. The molecule has 4 heteroatoms. The van der Waals surface area contributed by atoms with E-state index in [1.165, 1.54) is 5.56 Å². The zero-order valence-electron chi connectivity index (χ0n) is 20.7. The van der Waals surface area contributed by atoms with Crippen molar-refractivity contribution >= 4 is 5.97 Å². The second-order valence-electron chi connectivity index (χ2n) is 10.9. The molecule has 0 spiro atoms. The second-order valence-corrected chi connectivity index (χ2v) is 10.9. The van der Waals surface area contributed by atoms with E-state index in [4.69, 9.17) is 4.74 Å². The van der Waals surface area contributed by atoms with Crippen molar-refractivity contribution in [2.45, 2.75) is 43.4 Å². The van der Waals surface area contributed by atoms with Gasteiger partial charge in [0.15, 0.2) is 0 Å². The average Bonchev–Trinajstić information content (AvgIpc) is 3.45. The molecule has 0 aliphatic heterocycles. The summed E-state index contributed by atoms with van der Waals surface area (Å²) >= 11 is 0. The molecule has 182 valence electrons. The number of aliphatic hydroxyl groups is 1. The molecule has 4 nitrogen and oxygen atoms in total. The van der Waals surface area contributed by atoms with Gasteiger partial charge >= 0.3 is 5.97 Å². The van der Waals surface area contributed by atoms with Crippen molar-refractivity contribution in [2.75, 3.05) is 20.6 Å². The summed E-state index contributed by atoms with van der Waals surface area (Å²) in [6, 6.07) is 29.4. The van der Waals surface area contributed by atoms with Gasteiger partial charge in [-0.3, -0.25) is 0 Å². The van der Waals surface area contributed by atoms with Crippen LogP contribution < -0.4 is 0 Å². The number of ether oxygens (including phenoxy) is 1. The number of hydrogen-bond donors (Lipinski definition) is 1. The van der Waals surface area contributed by atoms with Crippen LogP contribution in [0, 0.1) is 11.8 Å². The number of esters is 1. The first-order chi connectivity index (χ1) is 16.9. The first-order valence-electron chi connectivity index (χ1n) is 12.8. The monoisotopic (exact) mass is 470 g/mol. The van der Waals surface area contributed by atoms with Crippen LogP contribution in [0.15, 0.2) is 91.0 Å². The average molecular weight is 471 g/mol. The lowest BCUT2D eigenvalue weighted by Gasteiger charge is -2.40. The lowest BCUT2D eigenvalue weighted by atomic mass is 9.86. The van der Waals surface area contributed by atoms with E-state index in [1.54, 1.807) is 24.3 Å². The van der Waals surface area contributed by atoms with Gasteiger partial charge in [-0.15, -0.1) is 0 Å². The van der Waals surface area contributed by atoms with Crippen LogP contribution >= 0.6 is 0 Å². The third-order valence-corrected chi connectivity index (χ3v) is 8.43. The number of fused-ring (bicyclic) bond motifs is 2. The summed E-state index contributed by atoms with van der Waals surface area (Å²) in [5.74, 6) is 0.122. The number of carbonyl (C=O) groups excluding carboxylic acids is 1. The van der Waals surface area contributed by atoms with E-state index in [0.29, 0.717) is 29.0 Å². The summed E-state index contributed by atoms with van der Waals surface area (Å²) in [4.78, 5) is 13.7. The third-order valence-electron chi connectivity index (χ3n) is 8.43. The number of nitrogens with zero attached hydrogens (tertiary/aromatic N) is 1. The predicted octanol–water partition coefficient (Wildman–Crippen LogP) is 4.95. The second kappa shape index (κ2) is 9.60. The highest BCUT2D eigenvalue weighted by Gasteiger charge is 2.57. The Morgan fingerprint density at radius 2 is 1.43 bits per heavy atom. The molecule has 2 aliphatic carbocycles. The van der Waals surface area contributed by atoms with E-state index in [1.807, 2.05) is 36.4 Å². The highest BCUT2D eigenvalue weighted by Crippen LogP contribution is 2.50. The summed E-state index contributed by atoms with van der Waals surface area (Å²) in [6.45, 7) is 1.05. The van der Waals surface area contributed by atoms with Gasteiger partial charge in [0.25, 0.3) is 0 Å². The molecular formula is C31H36NO3+. The van der Waals surface area contributed by atoms with Gasteiger partial charge < -0.3 is 14.3 Å². The van der Waals surface area contributed by atoms with Crippen LogP contribution in [0.5, 0.6) is 0 Å². The van der Waals surface area contributed by atoms with E-state index < -0.39 is 11.6 Å². The van der Waals surface area contributed by atoms with Crippen LogP contribution in [0.4, 0.5) is 0 Å². The van der Waals surface area contributed by atoms with E-state index in [0.717, 1.165) is 36.7 Å². The van der Waals surface area contributed by atoms with Crippen molar-refractivity contribution in [1.29, 1.82) is 0 Å². The Labute approximate surface area is 208 Å². The van der Waals surface area contributed by atoms with Crippen LogP contribution in [0.3, 0.4) is 0 Å². The predicted molar refractivity (Wildman–Crippen MR) is 138 cm³/mol. The first-order valence-corrected chi connectivity index (χ1v) is 12.8. The Balaban J connectivity index is 1.35. The number of rotatable bonds is 8. The third kappa shape index (κ3) is 4.53. The standard InChI is InChI=1S/C31H36NO3/c1-32(2,21-20-23-12-6-3-7-13-23)28-22-24-18-19-27(28)29(24)35-30(33)31(34,25-14-8-4-9-15-25)26-16-10-5-11-17-26/h3-17,24,27-29,34H,18-22H2,1-2H3/q+1. The molecule has 0 saturated heterocycles. The fourth-order valence-electron chi connectivity index (χ4n) is 6.42. The quantitative estimate of drug-likeness (QED) is 0.374. The molecule has 0 amide bonds. The Hall–Kier alpha value is -2.95. The SMILES string of the molecule is C[N+](C)(CCc1ccccc1)C1CC2CCC1C2OC(=O)C(O)(c1ccccc1)c1ccccc1. The molecule has 4 unspecified atom stereocenters. The number of quaternary nitrogens is 1. The fourth-order valence-corrected chi connectivity index (χ4v) is 6.42. The van der Waals surface area contributed by atoms with E-state index in [2.05, 4.69) is 44.4 Å². The number of benzene rings is 3. The van der Waals surface area contributed by atoms with Gasteiger partial charge in [-0.25, -0.2) is 4.79 Å². The fraction of sp³-hybridized carbons (Fsp3) is 0.387. The summed E-state index contributed by atoms with van der Waals surface area (Å²) in [6.07, 6.45) is 4.14. The molecule has 5 rings (SSSR count). The van der Waals surface area contributed by atoms with Gasteiger partial charge in [0.2, 0.25) is 5.60 Å². The van der Waals surface area contributed by atoms with Crippen molar-refractivity contribution < 1.29 is 19.1 Å². The molecule has 35 heavy (non-hydrogen) atoms. The van der Waals surface area contributed by atoms with Crippen molar-refractivity contribution in [3.63, 3.8) is 0 Å². The molecule has 3 aromatic rings. The zero-order valence-corrected chi connectivity index (χ0v) is 20.7. The van der Waals surface area contributed by atoms with Gasteiger partial charge in [-0.05, 0) is 29.5 Å². The molecule has 2 fully saturated rings. The van der Waals surface area contributed by atoms with Crippen LogP contribution in [-0.2, 0) is 21.6 Å². The van der Waals surface area contributed by atoms with Gasteiger partial charge in [-0.1, -0.05) is 91.0 Å². The molecule has 0 heterocycles. The molecule has 0 aromatic heterocycles. The molecular weight excluding hydrogens is 434 g/mol.